The Kier molecular flexibility index (Phi) is 10.4. The van der Waals surface area contributed by atoms with Gasteiger partial charge >= 0.3 is 0 Å². The highest BCUT2D eigenvalue weighted by Gasteiger charge is 2.21. The average molecular weight is 491 g/mol. The summed E-state index contributed by atoms with van der Waals surface area (Å²) in [6.07, 6.45) is 1.22. The lowest BCUT2D eigenvalue weighted by Gasteiger charge is -2.18. The zero-order chi connectivity index (χ0) is 26.0. The van der Waals surface area contributed by atoms with Gasteiger partial charge in [0.25, 0.3) is 0 Å². The first kappa shape index (κ1) is 27.6. The second-order valence-electron chi connectivity index (χ2n) is 8.16. The van der Waals surface area contributed by atoms with Crippen molar-refractivity contribution in [3.8, 4) is 11.5 Å². The zero-order valence-electron chi connectivity index (χ0n) is 20.4. The number of nitrogens with zero attached hydrogens (tertiary/aromatic N) is 1. The highest BCUT2D eigenvalue weighted by molar-refractivity contribution is 5.98. The van der Waals surface area contributed by atoms with Gasteiger partial charge in [0.2, 0.25) is 11.8 Å². The van der Waals surface area contributed by atoms with Crippen molar-refractivity contribution in [2.75, 3.05) is 14.2 Å². The standard InChI is InChI=1S/C25H32F2N4O4/c1-5-15(2)10-20(24(33)29-14-17-6-8-18(26)19(27)11-17)30-25(28)31-23(32)13-16-7-9-21(34-3)22(12-16)35-4/h6-9,11-12,15,20H,5,10,13-14H2,1-4H3,(H,29,33)(H3,28,30,31,32)/t15?,20-/m1/s1. The first-order valence-corrected chi connectivity index (χ1v) is 11.2. The van der Waals surface area contributed by atoms with Crippen molar-refractivity contribution >= 4 is 17.8 Å². The predicted octanol–water partition coefficient (Wildman–Crippen LogP) is 3.08. The SMILES string of the molecule is CCC(C)C[C@@H](N=C(N)NC(=O)Cc1ccc(OC)c(OC)c1)C(=O)NCc1ccc(F)c(F)c1. The molecule has 1 unspecified atom stereocenters. The molecule has 4 N–H and O–H groups in total. The number of carbonyl (C=O) groups excluding carboxylic acids is 2. The van der Waals surface area contributed by atoms with Crippen molar-refractivity contribution in [2.45, 2.75) is 45.7 Å². The van der Waals surface area contributed by atoms with Gasteiger partial charge in [0.15, 0.2) is 29.1 Å². The normalized spacial score (nSPS) is 13.0. The summed E-state index contributed by atoms with van der Waals surface area (Å²) < 4.78 is 37.0. The number of carbonyl (C=O) groups is 2. The number of benzene rings is 2. The minimum atomic E-state index is -0.993. The molecule has 2 atom stereocenters. The Morgan fingerprint density at radius 3 is 2.34 bits per heavy atom. The van der Waals surface area contributed by atoms with Crippen LogP contribution in [0.3, 0.4) is 0 Å². The molecule has 2 amide bonds. The number of rotatable bonds is 11. The topological polar surface area (TPSA) is 115 Å². The molecule has 0 fully saturated rings. The molecule has 2 aromatic carbocycles. The van der Waals surface area contributed by atoms with Crippen molar-refractivity contribution in [3.63, 3.8) is 0 Å². The highest BCUT2D eigenvalue weighted by atomic mass is 19.2. The van der Waals surface area contributed by atoms with Crippen molar-refractivity contribution in [3.05, 3.63) is 59.2 Å². The molecule has 0 saturated carbocycles. The maximum atomic E-state index is 13.4. The molecular formula is C25H32F2N4O4. The maximum Gasteiger partial charge on any atom is 0.245 e. The number of nitrogens with one attached hydrogen (secondary N) is 2. The van der Waals surface area contributed by atoms with E-state index >= 15 is 0 Å². The van der Waals surface area contributed by atoms with Crippen LogP contribution < -0.4 is 25.8 Å². The number of amides is 2. The van der Waals surface area contributed by atoms with Gasteiger partial charge in [-0.15, -0.1) is 0 Å². The predicted molar refractivity (Wildman–Crippen MR) is 129 cm³/mol. The van der Waals surface area contributed by atoms with Crippen LogP contribution in [-0.4, -0.2) is 38.0 Å². The van der Waals surface area contributed by atoms with Crippen LogP contribution in [0.4, 0.5) is 8.78 Å². The molecule has 0 saturated heterocycles. The van der Waals surface area contributed by atoms with Gasteiger partial charge in [-0.2, -0.15) is 0 Å². The molecule has 0 aromatic heterocycles. The molecular weight excluding hydrogens is 458 g/mol. The van der Waals surface area contributed by atoms with Gasteiger partial charge in [-0.1, -0.05) is 32.4 Å². The van der Waals surface area contributed by atoms with Crippen molar-refractivity contribution < 1.29 is 27.8 Å². The zero-order valence-corrected chi connectivity index (χ0v) is 20.4. The van der Waals surface area contributed by atoms with Gasteiger partial charge in [0, 0.05) is 6.54 Å². The lowest BCUT2D eigenvalue weighted by molar-refractivity contribution is -0.123. The number of halogens is 2. The van der Waals surface area contributed by atoms with E-state index in [0.717, 1.165) is 18.6 Å². The minimum absolute atomic E-state index is 0.00583. The Hall–Kier alpha value is -3.69. The number of aliphatic imine (C=N–C) groups is 1. The maximum absolute atomic E-state index is 13.4. The van der Waals surface area contributed by atoms with Gasteiger partial charge in [-0.25, -0.2) is 13.8 Å². The van der Waals surface area contributed by atoms with Crippen molar-refractivity contribution in [2.24, 2.45) is 16.6 Å². The van der Waals surface area contributed by atoms with Crippen LogP contribution in [0.5, 0.6) is 11.5 Å². The van der Waals surface area contributed by atoms with E-state index in [9.17, 15) is 18.4 Å². The van der Waals surface area contributed by atoms with E-state index in [1.807, 2.05) is 13.8 Å². The van der Waals surface area contributed by atoms with Gasteiger partial charge in [0.05, 0.1) is 20.6 Å². The van der Waals surface area contributed by atoms with E-state index in [0.29, 0.717) is 29.0 Å². The largest absolute Gasteiger partial charge is 0.493 e. The minimum Gasteiger partial charge on any atom is -0.493 e. The Balaban J connectivity index is 2.05. The van der Waals surface area contributed by atoms with E-state index in [1.54, 1.807) is 18.2 Å². The number of guanidine groups is 1. The summed E-state index contributed by atoms with van der Waals surface area (Å²) in [6, 6.07) is 7.64. The van der Waals surface area contributed by atoms with Crippen LogP contribution in [0.15, 0.2) is 41.4 Å². The number of nitrogens with two attached hydrogens (primary N) is 1. The smallest absolute Gasteiger partial charge is 0.245 e. The summed E-state index contributed by atoms with van der Waals surface area (Å²) in [5, 5.41) is 5.17. The monoisotopic (exact) mass is 490 g/mol. The van der Waals surface area contributed by atoms with Crippen molar-refractivity contribution in [1.29, 1.82) is 0 Å². The molecule has 0 radical (unpaired) electrons. The van der Waals surface area contributed by atoms with E-state index < -0.39 is 29.5 Å². The van der Waals surface area contributed by atoms with Gasteiger partial charge in [-0.3, -0.25) is 14.9 Å². The van der Waals surface area contributed by atoms with E-state index in [4.69, 9.17) is 15.2 Å². The summed E-state index contributed by atoms with van der Waals surface area (Å²) in [6.45, 7) is 3.95. The van der Waals surface area contributed by atoms with Crippen LogP contribution >= 0.6 is 0 Å². The first-order chi connectivity index (χ1) is 16.7. The summed E-state index contributed by atoms with van der Waals surface area (Å²) in [5.41, 5.74) is 7.01. The van der Waals surface area contributed by atoms with E-state index in [1.165, 1.54) is 20.3 Å². The Morgan fingerprint density at radius 2 is 1.71 bits per heavy atom. The fourth-order valence-corrected chi connectivity index (χ4v) is 3.29. The molecule has 8 nitrogen and oxygen atoms in total. The third kappa shape index (κ3) is 8.55. The lowest BCUT2D eigenvalue weighted by Crippen LogP contribution is -2.41. The number of hydrogen-bond donors (Lipinski definition) is 3. The van der Waals surface area contributed by atoms with Crippen LogP contribution in [-0.2, 0) is 22.6 Å². The summed E-state index contributed by atoms with van der Waals surface area (Å²) >= 11 is 0. The van der Waals surface area contributed by atoms with Crippen LogP contribution in [0, 0.1) is 17.6 Å². The number of hydrogen-bond acceptors (Lipinski definition) is 5. The molecule has 0 bridgehead atoms. The molecule has 35 heavy (non-hydrogen) atoms. The molecule has 0 aliphatic rings. The molecule has 190 valence electrons. The second kappa shape index (κ2) is 13.3. The number of methoxy groups -OCH3 is 2. The Labute approximate surface area is 203 Å². The summed E-state index contributed by atoms with van der Waals surface area (Å²) in [4.78, 5) is 29.5. The van der Waals surface area contributed by atoms with Gasteiger partial charge in [-0.05, 0) is 47.7 Å². The third-order valence-corrected chi connectivity index (χ3v) is 5.45. The van der Waals surface area contributed by atoms with Crippen molar-refractivity contribution in [1.82, 2.24) is 10.6 Å². The van der Waals surface area contributed by atoms with Crippen LogP contribution in [0.1, 0.15) is 37.8 Å². The van der Waals surface area contributed by atoms with E-state index in [2.05, 4.69) is 15.6 Å². The van der Waals surface area contributed by atoms with Gasteiger partial charge < -0.3 is 20.5 Å². The highest BCUT2D eigenvalue weighted by Crippen LogP contribution is 2.27. The molecule has 0 heterocycles. The average Bonchev–Trinajstić information content (AvgIpc) is 2.83. The molecule has 0 spiro atoms. The fraction of sp³-hybridized carbons (Fsp3) is 0.400. The molecule has 2 aromatic rings. The molecule has 10 heteroatoms. The Morgan fingerprint density at radius 1 is 1.03 bits per heavy atom. The molecule has 0 aliphatic heterocycles. The quantitative estimate of drug-likeness (QED) is 0.331. The van der Waals surface area contributed by atoms with Crippen LogP contribution in [0.25, 0.3) is 0 Å². The van der Waals surface area contributed by atoms with E-state index in [-0.39, 0.29) is 24.8 Å². The second-order valence-corrected chi connectivity index (χ2v) is 8.16. The third-order valence-electron chi connectivity index (χ3n) is 5.45. The lowest BCUT2D eigenvalue weighted by atomic mass is 9.99. The summed E-state index contributed by atoms with van der Waals surface area (Å²) in [7, 11) is 3.02. The van der Waals surface area contributed by atoms with Crippen LogP contribution in [0.2, 0.25) is 0 Å². The summed E-state index contributed by atoms with van der Waals surface area (Å²) in [5.74, 6) is -1.80. The Bertz CT molecular complexity index is 1060. The molecule has 0 aliphatic carbocycles. The molecule has 2 rings (SSSR count). The van der Waals surface area contributed by atoms with Gasteiger partial charge in [0.1, 0.15) is 6.04 Å². The first-order valence-electron chi connectivity index (χ1n) is 11.2. The number of ether oxygens (including phenoxy) is 2. The fourth-order valence-electron chi connectivity index (χ4n) is 3.29.